The number of nitrogens with zero attached hydrogens (tertiary/aromatic N) is 3. The monoisotopic (exact) mass is 538 g/mol. The summed E-state index contributed by atoms with van der Waals surface area (Å²) in [7, 11) is -14.4. The van der Waals surface area contributed by atoms with Gasteiger partial charge >= 0.3 is 29.2 Å². The van der Waals surface area contributed by atoms with Crippen molar-refractivity contribution in [3.63, 3.8) is 0 Å². The molecule has 0 bridgehead atoms. The number of hydrogen-bond donors (Lipinski definition) is 4. The quantitative estimate of drug-likeness (QED) is 0.209. The molecule has 2 heterocycles. The molecule has 1 saturated heterocycles. The van der Waals surface area contributed by atoms with E-state index in [0.717, 1.165) is 10.8 Å². The maximum Gasteiger partial charge on any atom is 0.492 e. The number of aryl methyl sites for hydroxylation is 1. The second-order valence-corrected chi connectivity index (χ2v) is 11.0. The summed E-state index contributed by atoms with van der Waals surface area (Å²) >= 11 is 0. The van der Waals surface area contributed by atoms with Gasteiger partial charge in [0.25, 0.3) is 5.56 Å². The van der Waals surface area contributed by atoms with Crippen molar-refractivity contribution < 1.29 is 50.8 Å². The van der Waals surface area contributed by atoms with E-state index in [1.807, 2.05) is 4.98 Å². The van der Waals surface area contributed by atoms with Gasteiger partial charge in [0.1, 0.15) is 18.2 Å². The molecule has 2 rings (SSSR count). The molecule has 33 heavy (non-hydrogen) atoms. The number of rotatable bonds is 11. The van der Waals surface area contributed by atoms with E-state index in [1.165, 1.54) is 7.05 Å². The molecule has 0 aromatic carbocycles. The molecule has 0 radical (unpaired) electrons. The third-order valence-electron chi connectivity index (χ3n) is 4.08. The second-order valence-electron chi connectivity index (χ2n) is 6.29. The van der Waals surface area contributed by atoms with E-state index in [-0.39, 0.29) is 5.56 Å². The summed E-state index contributed by atoms with van der Waals surface area (Å²) in [5.74, 6) is 0. The molecule has 0 amide bonds. The molecular weight excluding hydrogens is 521 g/mol. The molecule has 4 N–H and O–H groups in total. The number of nitrogens with one attached hydrogen (secondary N) is 1. The van der Waals surface area contributed by atoms with E-state index in [2.05, 4.69) is 28.0 Å². The van der Waals surface area contributed by atoms with Crippen molar-refractivity contribution in [3.8, 4) is 0 Å². The summed E-state index contributed by atoms with van der Waals surface area (Å²) in [5.41, 5.74) is -2.05. The topological polar surface area (TPSA) is 272 Å². The van der Waals surface area contributed by atoms with Crippen molar-refractivity contribution in [2.75, 3.05) is 13.7 Å². The Morgan fingerprint density at radius 3 is 2.24 bits per heavy atom. The van der Waals surface area contributed by atoms with Crippen LogP contribution in [0.4, 0.5) is 0 Å². The van der Waals surface area contributed by atoms with Crippen molar-refractivity contribution >= 4 is 23.5 Å². The summed E-state index contributed by atoms with van der Waals surface area (Å²) in [6.07, 6.45) is -2.08. The summed E-state index contributed by atoms with van der Waals surface area (Å²) in [6.45, 7) is -1.05. The Bertz CT molecular complexity index is 1160. The van der Waals surface area contributed by atoms with Crippen molar-refractivity contribution in [3.05, 3.63) is 42.4 Å². The first-order chi connectivity index (χ1) is 15.1. The minimum atomic E-state index is -5.50. The van der Waals surface area contributed by atoms with E-state index in [4.69, 9.17) is 14.5 Å². The van der Waals surface area contributed by atoms with Crippen LogP contribution >= 0.6 is 23.5 Å². The van der Waals surface area contributed by atoms with Gasteiger partial charge in [-0.1, -0.05) is 10.4 Å². The van der Waals surface area contributed by atoms with E-state index < -0.39 is 65.6 Å². The zero-order chi connectivity index (χ0) is 25.2. The molecule has 1 aliphatic heterocycles. The summed E-state index contributed by atoms with van der Waals surface area (Å²) < 4.78 is 57.5. The normalized spacial score (nSPS) is 26.9. The van der Waals surface area contributed by atoms with E-state index in [9.17, 15) is 38.0 Å². The lowest BCUT2D eigenvalue weighted by molar-refractivity contribution is 0.00396. The molecule has 1 aromatic rings. The summed E-state index contributed by atoms with van der Waals surface area (Å²) in [4.78, 5) is 75.2. The lowest BCUT2D eigenvalue weighted by Crippen LogP contribution is -2.34. The van der Waals surface area contributed by atoms with Crippen LogP contribution in [0.1, 0.15) is 11.7 Å². The Morgan fingerprint density at radius 1 is 1.12 bits per heavy atom. The van der Waals surface area contributed by atoms with Gasteiger partial charge in [-0.05, 0) is 0 Å². The van der Waals surface area contributed by atoms with Crippen LogP contribution in [0.3, 0.4) is 0 Å². The molecule has 6 unspecified atom stereocenters. The number of hydrogen-bond acceptors (Lipinski definition) is 14. The summed E-state index contributed by atoms with van der Waals surface area (Å²) in [5, 5.41) is 5.36. The van der Waals surface area contributed by atoms with Crippen molar-refractivity contribution in [2.45, 2.75) is 24.3 Å². The predicted octanol–water partition coefficient (Wildman–Crippen LogP) is -0.219. The van der Waals surface area contributed by atoms with Crippen LogP contribution in [0.5, 0.6) is 0 Å². The lowest BCUT2D eigenvalue weighted by Gasteiger charge is -2.20. The van der Waals surface area contributed by atoms with Crippen LogP contribution in [-0.2, 0) is 43.1 Å². The van der Waals surface area contributed by atoms with Crippen LogP contribution in [-0.4, -0.2) is 56.1 Å². The first-order valence-electron chi connectivity index (χ1n) is 8.37. The molecule has 0 aliphatic carbocycles. The number of ether oxygens (including phenoxy) is 1. The van der Waals surface area contributed by atoms with Gasteiger partial charge in [0, 0.05) is 20.4 Å². The number of H-pyrrole nitrogens is 1. The Labute approximate surface area is 182 Å². The van der Waals surface area contributed by atoms with Crippen molar-refractivity contribution in [1.29, 1.82) is 0 Å². The third-order valence-corrected chi connectivity index (χ3v) is 8.28. The zero-order valence-corrected chi connectivity index (χ0v) is 19.2. The highest BCUT2D eigenvalue weighted by Gasteiger charge is 2.50. The fourth-order valence-corrected chi connectivity index (χ4v) is 6.20. The molecule has 6 atom stereocenters. The fraction of sp³-hybridized carbons (Fsp3) is 0.636. The molecule has 186 valence electrons. The maximum atomic E-state index is 12.1. The highest BCUT2D eigenvalue weighted by Crippen LogP contribution is 2.68. The van der Waals surface area contributed by atoms with E-state index in [0.29, 0.717) is 7.11 Å². The largest absolute Gasteiger partial charge is 0.492 e. The number of aromatic nitrogens is 2. The van der Waals surface area contributed by atoms with E-state index >= 15 is 0 Å². The van der Waals surface area contributed by atoms with Crippen molar-refractivity contribution in [1.82, 2.24) is 9.55 Å². The minimum Gasteiger partial charge on any atom is -0.363 e. The molecule has 1 fully saturated rings. The Morgan fingerprint density at radius 2 is 1.73 bits per heavy atom. The first-order valence-corrected chi connectivity index (χ1v) is 12.9. The smallest absolute Gasteiger partial charge is 0.363 e. The van der Waals surface area contributed by atoms with E-state index in [1.54, 1.807) is 0 Å². The number of phosphoric ester groups is 1. The van der Waals surface area contributed by atoms with Crippen LogP contribution in [0.15, 0.2) is 26.1 Å². The zero-order valence-electron chi connectivity index (χ0n) is 16.5. The third kappa shape index (κ3) is 6.88. The number of aromatic amines is 1. The van der Waals surface area contributed by atoms with Crippen LogP contribution in [0.25, 0.3) is 0 Å². The number of phosphoric acid groups is 3. The first kappa shape index (κ1) is 27.5. The predicted molar refractivity (Wildman–Crippen MR) is 104 cm³/mol. The highest BCUT2D eigenvalue weighted by molar-refractivity contribution is 7.67. The SMILES string of the molecule is COP(=O)(OP(=O)(O)O)OP(=O)(O)OCC1OC(c2cn(C)c(=O)[nH]c2=O)C(N=O)C1N=O. The second kappa shape index (κ2) is 10.2. The van der Waals surface area contributed by atoms with Crippen LogP contribution in [0, 0.1) is 9.81 Å². The maximum absolute atomic E-state index is 12.1. The van der Waals surface area contributed by atoms with Gasteiger partial charge in [0.15, 0.2) is 6.04 Å². The highest BCUT2D eigenvalue weighted by atomic mass is 31.3. The number of nitroso groups, excluding NO2 is 2. The van der Waals surface area contributed by atoms with Gasteiger partial charge in [-0.2, -0.15) is 18.4 Å². The van der Waals surface area contributed by atoms with Gasteiger partial charge < -0.3 is 24.0 Å². The van der Waals surface area contributed by atoms with Gasteiger partial charge in [-0.15, -0.1) is 0 Å². The Kier molecular flexibility index (Phi) is 8.54. The molecule has 22 heteroatoms. The van der Waals surface area contributed by atoms with Gasteiger partial charge in [-0.25, -0.2) is 18.5 Å². The average Bonchev–Trinajstić information content (AvgIpc) is 3.04. The molecule has 0 spiro atoms. The van der Waals surface area contributed by atoms with Gasteiger partial charge in [0.2, 0.25) is 0 Å². The van der Waals surface area contributed by atoms with Gasteiger partial charge in [-0.3, -0.25) is 18.8 Å². The van der Waals surface area contributed by atoms with Crippen LogP contribution < -0.4 is 11.2 Å². The molecule has 1 aliphatic rings. The Balaban J connectivity index is 2.23. The molecular formula is C11H17N4O15P3. The van der Waals surface area contributed by atoms with Crippen LogP contribution in [0.2, 0.25) is 0 Å². The summed E-state index contributed by atoms with van der Waals surface area (Å²) in [6, 6.07) is -3.26. The van der Waals surface area contributed by atoms with Gasteiger partial charge in [0.05, 0.1) is 12.2 Å². The fourth-order valence-electron chi connectivity index (χ4n) is 2.71. The minimum absolute atomic E-state index is 0.291. The Hall–Kier alpha value is -1.75. The average molecular weight is 538 g/mol. The standard InChI is InChI=1S/C11H17N4O15P3/c1-15-3-5(10(16)12-11(15)17)9-8(14-19)7(13-18)6(28-9)4-27-32(23,24)30-33(25,26-2)29-31(20,21)22/h3,6-9H,4H2,1-2H3,(H,23,24)(H,12,16,17)(H2,20,21,22). The molecule has 1 aromatic heterocycles. The molecule has 19 nitrogen and oxygen atoms in total. The van der Waals surface area contributed by atoms with Crippen molar-refractivity contribution in [2.24, 2.45) is 17.4 Å². The lowest BCUT2D eigenvalue weighted by atomic mass is 10.00. The molecule has 0 saturated carbocycles.